The maximum absolute atomic E-state index is 6.24. The Kier molecular flexibility index (Phi) is 3.82. The standard InChI is InChI=1S/C13H24ClNO/c1-12(2,10-14)15-9-11-5-8-13(16-11)6-3-4-7-13/h11,15H,3-10H2,1-2H3. The largest absolute Gasteiger partial charge is 0.370 e. The minimum absolute atomic E-state index is 0.0242. The minimum atomic E-state index is 0.0242. The summed E-state index contributed by atoms with van der Waals surface area (Å²) in [5.41, 5.74) is 0.286. The molecule has 2 rings (SSSR count). The number of halogens is 1. The van der Waals surface area contributed by atoms with Crippen molar-refractivity contribution in [1.29, 1.82) is 0 Å². The van der Waals surface area contributed by atoms with Crippen molar-refractivity contribution in [3.63, 3.8) is 0 Å². The Bertz CT molecular complexity index is 236. The molecule has 3 heteroatoms. The van der Waals surface area contributed by atoms with Crippen LogP contribution in [-0.4, -0.2) is 29.7 Å². The topological polar surface area (TPSA) is 21.3 Å². The third kappa shape index (κ3) is 2.91. The van der Waals surface area contributed by atoms with Crippen molar-refractivity contribution in [2.24, 2.45) is 0 Å². The predicted octanol–water partition coefficient (Wildman–Crippen LogP) is 3.09. The van der Waals surface area contributed by atoms with Crippen LogP contribution >= 0.6 is 11.6 Å². The van der Waals surface area contributed by atoms with E-state index in [-0.39, 0.29) is 11.1 Å². The van der Waals surface area contributed by atoms with Crippen molar-refractivity contribution in [3.05, 3.63) is 0 Å². The highest BCUT2D eigenvalue weighted by atomic mass is 35.5. The average molecular weight is 246 g/mol. The number of hydrogen-bond donors (Lipinski definition) is 1. The molecule has 2 aliphatic rings. The quantitative estimate of drug-likeness (QED) is 0.769. The van der Waals surface area contributed by atoms with Gasteiger partial charge in [0, 0.05) is 18.0 Å². The zero-order valence-electron chi connectivity index (χ0n) is 10.5. The van der Waals surface area contributed by atoms with Gasteiger partial charge in [-0.15, -0.1) is 11.6 Å². The third-order valence-electron chi connectivity index (χ3n) is 4.00. The lowest BCUT2D eigenvalue weighted by Crippen LogP contribution is -2.45. The summed E-state index contributed by atoms with van der Waals surface area (Å²) in [5, 5.41) is 3.50. The van der Waals surface area contributed by atoms with Gasteiger partial charge in [0.15, 0.2) is 0 Å². The van der Waals surface area contributed by atoms with E-state index in [9.17, 15) is 0 Å². The van der Waals surface area contributed by atoms with E-state index in [1.165, 1.54) is 38.5 Å². The Morgan fingerprint density at radius 2 is 2.00 bits per heavy atom. The van der Waals surface area contributed by atoms with Crippen LogP contribution in [0.25, 0.3) is 0 Å². The van der Waals surface area contributed by atoms with Gasteiger partial charge in [0.25, 0.3) is 0 Å². The van der Waals surface area contributed by atoms with Crippen LogP contribution in [0.5, 0.6) is 0 Å². The first-order valence-electron chi connectivity index (χ1n) is 6.54. The van der Waals surface area contributed by atoms with Crippen LogP contribution in [0.15, 0.2) is 0 Å². The van der Waals surface area contributed by atoms with Crippen molar-refractivity contribution in [1.82, 2.24) is 5.32 Å². The second-order valence-electron chi connectivity index (χ2n) is 6.07. The van der Waals surface area contributed by atoms with Crippen LogP contribution in [0.4, 0.5) is 0 Å². The lowest BCUT2D eigenvalue weighted by atomic mass is 9.98. The van der Waals surface area contributed by atoms with Crippen LogP contribution in [0.1, 0.15) is 52.4 Å². The molecule has 1 N–H and O–H groups in total. The Morgan fingerprint density at radius 3 is 2.62 bits per heavy atom. The zero-order valence-corrected chi connectivity index (χ0v) is 11.3. The van der Waals surface area contributed by atoms with Gasteiger partial charge in [0.05, 0.1) is 11.7 Å². The van der Waals surface area contributed by atoms with Crippen molar-refractivity contribution < 1.29 is 4.74 Å². The maximum Gasteiger partial charge on any atom is 0.0708 e. The van der Waals surface area contributed by atoms with Gasteiger partial charge in [-0.3, -0.25) is 0 Å². The fraction of sp³-hybridized carbons (Fsp3) is 1.00. The van der Waals surface area contributed by atoms with Gasteiger partial charge in [0.1, 0.15) is 0 Å². The highest BCUT2D eigenvalue weighted by molar-refractivity contribution is 6.18. The molecule has 1 saturated heterocycles. The summed E-state index contributed by atoms with van der Waals surface area (Å²) in [4.78, 5) is 0. The summed E-state index contributed by atoms with van der Waals surface area (Å²) in [7, 11) is 0. The lowest BCUT2D eigenvalue weighted by Gasteiger charge is -2.27. The molecule has 1 unspecified atom stereocenters. The van der Waals surface area contributed by atoms with Gasteiger partial charge >= 0.3 is 0 Å². The molecule has 1 atom stereocenters. The monoisotopic (exact) mass is 245 g/mol. The third-order valence-corrected chi connectivity index (χ3v) is 4.66. The molecule has 16 heavy (non-hydrogen) atoms. The van der Waals surface area contributed by atoms with E-state index >= 15 is 0 Å². The molecule has 0 radical (unpaired) electrons. The van der Waals surface area contributed by atoms with E-state index < -0.39 is 0 Å². The van der Waals surface area contributed by atoms with E-state index in [2.05, 4.69) is 19.2 Å². The first-order valence-corrected chi connectivity index (χ1v) is 7.08. The Hall–Kier alpha value is 0.210. The summed E-state index contributed by atoms with van der Waals surface area (Å²) in [5.74, 6) is 0.644. The fourth-order valence-electron chi connectivity index (χ4n) is 2.86. The van der Waals surface area contributed by atoms with Crippen LogP contribution in [0.2, 0.25) is 0 Å². The first kappa shape index (κ1) is 12.7. The molecule has 2 fully saturated rings. The van der Waals surface area contributed by atoms with E-state index in [0.29, 0.717) is 12.0 Å². The number of nitrogens with one attached hydrogen (secondary N) is 1. The van der Waals surface area contributed by atoms with Crippen molar-refractivity contribution in [2.45, 2.75) is 69.6 Å². The summed E-state index contributed by atoms with van der Waals surface area (Å²) >= 11 is 5.90. The fourth-order valence-corrected chi connectivity index (χ4v) is 2.96. The van der Waals surface area contributed by atoms with Gasteiger partial charge in [-0.1, -0.05) is 12.8 Å². The predicted molar refractivity (Wildman–Crippen MR) is 68.1 cm³/mol. The SMILES string of the molecule is CC(C)(CCl)NCC1CCC2(CCCC2)O1. The lowest BCUT2D eigenvalue weighted by molar-refractivity contribution is -0.0367. The van der Waals surface area contributed by atoms with Gasteiger partial charge in [-0.2, -0.15) is 0 Å². The number of ether oxygens (including phenoxy) is 1. The van der Waals surface area contributed by atoms with Crippen LogP contribution in [-0.2, 0) is 4.74 Å². The smallest absolute Gasteiger partial charge is 0.0708 e. The Balaban J connectivity index is 1.77. The van der Waals surface area contributed by atoms with Gasteiger partial charge in [0.2, 0.25) is 0 Å². The van der Waals surface area contributed by atoms with Crippen molar-refractivity contribution in [2.75, 3.05) is 12.4 Å². The molecule has 0 bridgehead atoms. The molecule has 0 aromatic carbocycles. The van der Waals surface area contributed by atoms with Gasteiger partial charge in [-0.25, -0.2) is 0 Å². The van der Waals surface area contributed by atoms with Crippen molar-refractivity contribution >= 4 is 11.6 Å². The van der Waals surface area contributed by atoms with E-state index in [1.54, 1.807) is 0 Å². The van der Waals surface area contributed by atoms with E-state index in [0.717, 1.165) is 6.54 Å². The molecule has 1 spiro atoms. The summed E-state index contributed by atoms with van der Waals surface area (Å²) in [6, 6.07) is 0. The second kappa shape index (κ2) is 4.83. The molecule has 1 aliphatic heterocycles. The molecule has 0 aromatic heterocycles. The minimum Gasteiger partial charge on any atom is -0.370 e. The molecular formula is C13H24ClNO. The molecular weight excluding hydrogens is 222 g/mol. The summed E-state index contributed by atoms with van der Waals surface area (Å²) in [6.45, 7) is 5.22. The molecule has 1 aliphatic carbocycles. The van der Waals surface area contributed by atoms with Gasteiger partial charge < -0.3 is 10.1 Å². The van der Waals surface area contributed by atoms with E-state index in [1.807, 2.05) is 0 Å². The molecule has 0 amide bonds. The summed E-state index contributed by atoms with van der Waals surface area (Å²) in [6.07, 6.45) is 8.15. The normalized spacial score (nSPS) is 29.1. The van der Waals surface area contributed by atoms with Crippen LogP contribution in [0.3, 0.4) is 0 Å². The highest BCUT2D eigenvalue weighted by Gasteiger charge is 2.42. The molecule has 1 saturated carbocycles. The molecule has 1 heterocycles. The average Bonchev–Trinajstić information content (AvgIpc) is 2.87. The summed E-state index contributed by atoms with van der Waals surface area (Å²) < 4.78 is 6.24. The number of rotatable bonds is 4. The molecule has 2 nitrogen and oxygen atoms in total. The van der Waals surface area contributed by atoms with Gasteiger partial charge in [-0.05, 0) is 39.5 Å². The highest BCUT2D eigenvalue weighted by Crippen LogP contribution is 2.43. The van der Waals surface area contributed by atoms with Crippen LogP contribution < -0.4 is 5.32 Å². The van der Waals surface area contributed by atoms with E-state index in [4.69, 9.17) is 16.3 Å². The Labute approximate surface area is 104 Å². The van der Waals surface area contributed by atoms with Crippen LogP contribution in [0, 0.1) is 0 Å². The zero-order chi connectivity index (χ0) is 11.6. The first-order chi connectivity index (χ1) is 7.55. The number of hydrogen-bond acceptors (Lipinski definition) is 2. The Morgan fingerprint density at radius 1 is 1.31 bits per heavy atom. The molecule has 94 valence electrons. The molecule has 0 aromatic rings. The maximum atomic E-state index is 6.24. The number of alkyl halides is 1. The second-order valence-corrected chi connectivity index (χ2v) is 6.33. The van der Waals surface area contributed by atoms with Crippen molar-refractivity contribution in [3.8, 4) is 0 Å².